The van der Waals surface area contributed by atoms with Crippen molar-refractivity contribution in [1.29, 1.82) is 0 Å². The van der Waals surface area contributed by atoms with Crippen LogP contribution in [0.2, 0.25) is 0 Å². The standard InChI is InChI=1S/C34H41NO8/c1-6-15-42-33-24(13-10-14-35(37)32(36)16-23-11-8-7-9-12-23)17-25(18-29(33)38-2)27-21-28(43-22-27)26-19-30(39-3)34(41-5)31(20-26)40-4/h7-12,14,17-20,27-28,37H,6,13,15-16,21-22H2,1-5H3. The minimum Gasteiger partial charge on any atom is -0.493 e. The number of benzene rings is 3. The van der Waals surface area contributed by atoms with E-state index < -0.39 is 5.91 Å². The third-order valence-electron chi connectivity index (χ3n) is 7.39. The summed E-state index contributed by atoms with van der Waals surface area (Å²) in [7, 11) is 6.40. The molecule has 1 aliphatic rings. The lowest BCUT2D eigenvalue weighted by atomic mass is 9.91. The number of hydrogen-bond donors (Lipinski definition) is 1. The summed E-state index contributed by atoms with van der Waals surface area (Å²) in [6, 6.07) is 17.3. The number of nitrogens with zero attached hydrogens (tertiary/aromatic N) is 1. The summed E-state index contributed by atoms with van der Waals surface area (Å²) in [5.41, 5.74) is 3.72. The highest BCUT2D eigenvalue weighted by Gasteiger charge is 2.31. The lowest BCUT2D eigenvalue weighted by Gasteiger charge is -2.19. The molecule has 1 aliphatic heterocycles. The van der Waals surface area contributed by atoms with Crippen molar-refractivity contribution in [3.8, 4) is 28.7 Å². The van der Waals surface area contributed by atoms with E-state index in [9.17, 15) is 10.0 Å². The number of carbonyl (C=O) groups excluding carboxylic acids is 1. The highest BCUT2D eigenvalue weighted by Crippen LogP contribution is 2.46. The van der Waals surface area contributed by atoms with Crippen LogP contribution in [-0.2, 0) is 22.4 Å². The number of rotatable bonds is 14. The first-order chi connectivity index (χ1) is 20.9. The van der Waals surface area contributed by atoms with Gasteiger partial charge in [0, 0.05) is 17.7 Å². The van der Waals surface area contributed by atoms with E-state index in [2.05, 4.69) is 6.07 Å². The Morgan fingerprint density at radius 3 is 2.21 bits per heavy atom. The average Bonchev–Trinajstić information content (AvgIpc) is 3.54. The molecule has 3 aromatic rings. The summed E-state index contributed by atoms with van der Waals surface area (Å²) in [5, 5.41) is 11.0. The van der Waals surface area contributed by atoms with Gasteiger partial charge in [-0.2, -0.15) is 5.06 Å². The van der Waals surface area contributed by atoms with Gasteiger partial charge in [0.2, 0.25) is 5.75 Å². The van der Waals surface area contributed by atoms with Crippen LogP contribution in [0.1, 0.15) is 54.0 Å². The molecule has 2 atom stereocenters. The number of hydrogen-bond acceptors (Lipinski definition) is 8. The second kappa shape index (κ2) is 15.3. The van der Waals surface area contributed by atoms with Gasteiger partial charge in [-0.3, -0.25) is 10.0 Å². The average molecular weight is 592 g/mol. The van der Waals surface area contributed by atoms with E-state index in [0.717, 1.165) is 35.1 Å². The zero-order valence-corrected chi connectivity index (χ0v) is 25.5. The molecule has 4 rings (SSSR count). The third-order valence-corrected chi connectivity index (χ3v) is 7.39. The largest absolute Gasteiger partial charge is 0.493 e. The molecular formula is C34H41NO8. The molecule has 0 bridgehead atoms. The molecule has 1 amide bonds. The van der Waals surface area contributed by atoms with Gasteiger partial charge in [-0.1, -0.05) is 49.4 Å². The lowest BCUT2D eigenvalue weighted by Crippen LogP contribution is -2.23. The van der Waals surface area contributed by atoms with Crippen LogP contribution in [-0.4, -0.2) is 57.8 Å². The van der Waals surface area contributed by atoms with Gasteiger partial charge in [-0.05, 0) is 54.2 Å². The highest BCUT2D eigenvalue weighted by molar-refractivity contribution is 5.78. The predicted molar refractivity (Wildman–Crippen MR) is 163 cm³/mol. The Labute approximate surface area is 253 Å². The van der Waals surface area contributed by atoms with Crippen LogP contribution in [0.4, 0.5) is 0 Å². The maximum absolute atomic E-state index is 12.5. The molecule has 0 spiro atoms. The second-order valence-corrected chi connectivity index (χ2v) is 10.3. The topological polar surface area (TPSA) is 95.9 Å². The van der Waals surface area contributed by atoms with Crippen LogP contribution in [0, 0.1) is 0 Å². The first-order valence-electron chi connectivity index (χ1n) is 14.4. The Hall–Kier alpha value is -4.21. The minimum atomic E-state index is -0.419. The zero-order chi connectivity index (χ0) is 30.8. The van der Waals surface area contributed by atoms with E-state index in [1.165, 1.54) is 6.20 Å². The summed E-state index contributed by atoms with van der Waals surface area (Å²) in [6.45, 7) is 3.10. The number of ether oxygens (including phenoxy) is 6. The fraction of sp³-hybridized carbons (Fsp3) is 0.382. The smallest absolute Gasteiger partial charge is 0.254 e. The van der Waals surface area contributed by atoms with Crippen molar-refractivity contribution in [3.05, 3.63) is 89.1 Å². The van der Waals surface area contributed by atoms with E-state index >= 15 is 0 Å². The van der Waals surface area contributed by atoms with Crippen LogP contribution >= 0.6 is 0 Å². The van der Waals surface area contributed by atoms with E-state index in [-0.39, 0.29) is 18.4 Å². The normalized spacial score (nSPS) is 16.2. The molecule has 43 heavy (non-hydrogen) atoms. The number of carbonyl (C=O) groups is 1. The van der Waals surface area contributed by atoms with Crippen LogP contribution in [0.5, 0.6) is 28.7 Å². The van der Waals surface area contributed by atoms with Crippen molar-refractivity contribution in [3.63, 3.8) is 0 Å². The first kappa shape index (κ1) is 31.7. The summed E-state index contributed by atoms with van der Waals surface area (Å²) < 4.78 is 34.7. The predicted octanol–water partition coefficient (Wildman–Crippen LogP) is 6.27. The summed E-state index contributed by atoms with van der Waals surface area (Å²) in [5.74, 6) is 2.66. The van der Waals surface area contributed by atoms with Gasteiger partial charge in [0.1, 0.15) is 0 Å². The van der Waals surface area contributed by atoms with E-state index in [1.807, 2.05) is 55.5 Å². The number of allylic oxidation sites excluding steroid dienone is 1. The van der Waals surface area contributed by atoms with E-state index in [0.29, 0.717) is 53.4 Å². The second-order valence-electron chi connectivity index (χ2n) is 10.3. The Bertz CT molecular complexity index is 1370. The molecule has 3 aromatic carbocycles. The number of methoxy groups -OCH3 is 4. The van der Waals surface area contributed by atoms with E-state index in [1.54, 1.807) is 34.5 Å². The molecule has 0 radical (unpaired) electrons. The van der Waals surface area contributed by atoms with Crippen molar-refractivity contribution in [2.24, 2.45) is 0 Å². The van der Waals surface area contributed by atoms with Crippen molar-refractivity contribution in [2.45, 2.75) is 44.6 Å². The van der Waals surface area contributed by atoms with Crippen LogP contribution < -0.4 is 23.7 Å². The number of hydroxylamine groups is 2. The van der Waals surface area contributed by atoms with E-state index in [4.69, 9.17) is 28.4 Å². The van der Waals surface area contributed by atoms with Crippen molar-refractivity contribution < 1.29 is 38.4 Å². The fourth-order valence-electron chi connectivity index (χ4n) is 5.18. The minimum absolute atomic E-state index is 0.0998. The number of amides is 1. The van der Waals surface area contributed by atoms with Gasteiger partial charge in [0.05, 0.1) is 54.2 Å². The van der Waals surface area contributed by atoms with Crippen LogP contribution in [0.15, 0.2) is 66.9 Å². The zero-order valence-electron chi connectivity index (χ0n) is 25.5. The monoisotopic (exact) mass is 591 g/mol. The van der Waals surface area contributed by atoms with Crippen LogP contribution in [0.3, 0.4) is 0 Å². The molecule has 1 N–H and O–H groups in total. The maximum Gasteiger partial charge on any atom is 0.254 e. The Kier molecular flexibility index (Phi) is 11.3. The van der Waals surface area contributed by atoms with Crippen molar-refractivity contribution in [2.75, 3.05) is 41.7 Å². The van der Waals surface area contributed by atoms with Gasteiger partial charge >= 0.3 is 0 Å². The lowest BCUT2D eigenvalue weighted by molar-refractivity contribution is -0.153. The molecule has 1 saturated heterocycles. The Morgan fingerprint density at radius 2 is 1.58 bits per heavy atom. The third kappa shape index (κ3) is 7.80. The van der Waals surface area contributed by atoms with Gasteiger partial charge in [-0.15, -0.1) is 0 Å². The SMILES string of the molecule is CCCOc1c(CC=CN(O)C(=O)Cc2ccccc2)cc(C2COC(c3cc(OC)c(OC)c(OC)c3)C2)cc1OC. The van der Waals surface area contributed by atoms with Gasteiger partial charge in [0.15, 0.2) is 23.0 Å². The molecule has 230 valence electrons. The van der Waals surface area contributed by atoms with Gasteiger partial charge < -0.3 is 28.4 Å². The van der Waals surface area contributed by atoms with Crippen LogP contribution in [0.25, 0.3) is 0 Å². The van der Waals surface area contributed by atoms with Crippen molar-refractivity contribution in [1.82, 2.24) is 5.06 Å². The Morgan fingerprint density at radius 1 is 0.930 bits per heavy atom. The molecule has 0 aliphatic carbocycles. The molecule has 1 fully saturated rings. The summed E-state index contributed by atoms with van der Waals surface area (Å²) in [4.78, 5) is 12.5. The molecule has 2 unspecified atom stereocenters. The Balaban J connectivity index is 1.54. The van der Waals surface area contributed by atoms with Crippen molar-refractivity contribution >= 4 is 5.91 Å². The summed E-state index contributed by atoms with van der Waals surface area (Å²) in [6.07, 6.45) is 5.06. The molecule has 0 aromatic heterocycles. The van der Waals surface area contributed by atoms with Gasteiger partial charge in [0.25, 0.3) is 5.91 Å². The summed E-state index contributed by atoms with van der Waals surface area (Å²) >= 11 is 0. The molecular weight excluding hydrogens is 550 g/mol. The van der Waals surface area contributed by atoms with Gasteiger partial charge in [-0.25, -0.2) is 0 Å². The molecule has 9 heteroatoms. The molecule has 1 heterocycles. The first-order valence-corrected chi connectivity index (χ1v) is 14.4. The molecule has 0 saturated carbocycles. The maximum atomic E-state index is 12.5. The highest BCUT2D eigenvalue weighted by atomic mass is 16.5. The fourth-order valence-corrected chi connectivity index (χ4v) is 5.18. The quantitative estimate of drug-likeness (QED) is 0.173. The molecule has 9 nitrogen and oxygen atoms in total.